The van der Waals surface area contributed by atoms with Crippen molar-refractivity contribution >= 4 is 22.8 Å². The number of carbonyl (C=O) groups excluding carboxylic acids is 2. The lowest BCUT2D eigenvalue weighted by molar-refractivity contribution is -0.149. The monoisotopic (exact) mass is 422 g/mol. The van der Waals surface area contributed by atoms with Crippen LogP contribution < -0.4 is 10.1 Å². The number of methoxy groups -OCH3 is 1. The van der Waals surface area contributed by atoms with E-state index in [0.717, 1.165) is 39.9 Å². The molecule has 3 rings (SSSR count). The number of para-hydroxylation sites is 1. The van der Waals surface area contributed by atoms with E-state index in [0.29, 0.717) is 6.42 Å². The fourth-order valence-electron chi connectivity index (χ4n) is 3.41. The van der Waals surface area contributed by atoms with Crippen molar-refractivity contribution in [2.45, 2.75) is 45.6 Å². The van der Waals surface area contributed by atoms with Crippen LogP contribution in [-0.4, -0.2) is 36.1 Å². The highest BCUT2D eigenvalue weighted by molar-refractivity contribution is 5.91. The van der Waals surface area contributed by atoms with Crippen LogP contribution in [0.3, 0.4) is 0 Å². The number of H-pyrrole nitrogens is 1. The van der Waals surface area contributed by atoms with E-state index in [9.17, 15) is 9.59 Å². The van der Waals surface area contributed by atoms with Crippen molar-refractivity contribution in [1.29, 1.82) is 0 Å². The molecular formula is C25H30N2O4. The van der Waals surface area contributed by atoms with Gasteiger partial charge in [0.1, 0.15) is 5.75 Å². The standard InChI is InChI=1S/C25H30N2O4/c1-5-25(2,3)27-22(28)16-31-23(29)15-14-20-19-8-6-7-9-21(19)26-24(20)17-10-12-18(30-4)13-11-17/h6-13,26H,5,14-16H2,1-4H3,(H,27,28). The second-order valence-electron chi connectivity index (χ2n) is 8.20. The molecule has 1 aromatic heterocycles. The van der Waals surface area contributed by atoms with Crippen LogP contribution in [0.1, 0.15) is 39.2 Å². The Kier molecular flexibility index (Phi) is 7.00. The van der Waals surface area contributed by atoms with Gasteiger partial charge in [0.05, 0.1) is 7.11 Å². The Bertz CT molecular complexity index is 1050. The minimum atomic E-state index is -0.393. The topological polar surface area (TPSA) is 80.4 Å². The van der Waals surface area contributed by atoms with Crippen molar-refractivity contribution in [2.75, 3.05) is 13.7 Å². The molecule has 1 heterocycles. The molecule has 0 fully saturated rings. The number of ether oxygens (including phenoxy) is 2. The zero-order valence-corrected chi connectivity index (χ0v) is 18.6. The summed E-state index contributed by atoms with van der Waals surface area (Å²) in [4.78, 5) is 27.8. The molecule has 0 aliphatic rings. The molecule has 31 heavy (non-hydrogen) atoms. The summed E-state index contributed by atoms with van der Waals surface area (Å²) in [6.07, 6.45) is 1.49. The predicted octanol–water partition coefficient (Wildman–Crippen LogP) is 4.62. The maximum Gasteiger partial charge on any atom is 0.306 e. The highest BCUT2D eigenvalue weighted by Crippen LogP contribution is 2.32. The quantitative estimate of drug-likeness (QED) is 0.493. The molecule has 0 aliphatic heterocycles. The molecular weight excluding hydrogens is 392 g/mol. The molecule has 0 atom stereocenters. The van der Waals surface area contributed by atoms with Gasteiger partial charge in [-0.1, -0.05) is 25.1 Å². The van der Waals surface area contributed by atoms with E-state index in [2.05, 4.69) is 10.3 Å². The van der Waals surface area contributed by atoms with Gasteiger partial charge in [-0.2, -0.15) is 0 Å². The molecule has 1 amide bonds. The first-order valence-corrected chi connectivity index (χ1v) is 10.5. The van der Waals surface area contributed by atoms with Crippen molar-refractivity contribution in [1.82, 2.24) is 10.3 Å². The van der Waals surface area contributed by atoms with E-state index in [1.807, 2.05) is 69.3 Å². The van der Waals surface area contributed by atoms with Gasteiger partial charge in [-0.3, -0.25) is 9.59 Å². The van der Waals surface area contributed by atoms with Gasteiger partial charge in [0.25, 0.3) is 5.91 Å². The maximum atomic E-state index is 12.3. The fraction of sp³-hybridized carbons (Fsp3) is 0.360. The number of aromatic nitrogens is 1. The third-order valence-electron chi connectivity index (χ3n) is 5.50. The molecule has 0 bridgehead atoms. The number of benzene rings is 2. The van der Waals surface area contributed by atoms with Gasteiger partial charge in [-0.05, 0) is 68.1 Å². The molecule has 2 N–H and O–H groups in total. The summed E-state index contributed by atoms with van der Waals surface area (Å²) in [5.74, 6) is 0.108. The molecule has 164 valence electrons. The predicted molar refractivity (Wildman–Crippen MR) is 122 cm³/mol. The molecule has 0 unspecified atom stereocenters. The first-order valence-electron chi connectivity index (χ1n) is 10.5. The molecule has 0 saturated carbocycles. The average molecular weight is 423 g/mol. The van der Waals surface area contributed by atoms with Crippen molar-refractivity contribution in [3.8, 4) is 17.0 Å². The van der Waals surface area contributed by atoms with Crippen molar-refractivity contribution in [2.24, 2.45) is 0 Å². The molecule has 6 heteroatoms. The third kappa shape index (κ3) is 5.66. The summed E-state index contributed by atoms with van der Waals surface area (Å²) >= 11 is 0. The third-order valence-corrected chi connectivity index (χ3v) is 5.50. The summed E-state index contributed by atoms with van der Waals surface area (Å²) in [7, 11) is 1.64. The zero-order valence-electron chi connectivity index (χ0n) is 18.6. The Morgan fingerprint density at radius 1 is 1.06 bits per heavy atom. The lowest BCUT2D eigenvalue weighted by atomic mass is 10.0. The second kappa shape index (κ2) is 9.69. The minimum Gasteiger partial charge on any atom is -0.497 e. The second-order valence-corrected chi connectivity index (χ2v) is 8.20. The molecule has 2 aromatic carbocycles. The van der Waals surface area contributed by atoms with Crippen LogP contribution in [0.15, 0.2) is 48.5 Å². The number of esters is 1. The molecule has 6 nitrogen and oxygen atoms in total. The molecule has 3 aromatic rings. The van der Waals surface area contributed by atoms with Gasteiger partial charge in [-0.15, -0.1) is 0 Å². The number of nitrogens with one attached hydrogen (secondary N) is 2. The fourth-order valence-corrected chi connectivity index (χ4v) is 3.41. The van der Waals surface area contributed by atoms with Crippen LogP contribution in [0.25, 0.3) is 22.2 Å². The molecule has 0 spiro atoms. The number of hydrogen-bond donors (Lipinski definition) is 2. The number of aromatic amines is 1. The smallest absolute Gasteiger partial charge is 0.306 e. The maximum absolute atomic E-state index is 12.3. The van der Waals surface area contributed by atoms with E-state index < -0.39 is 5.97 Å². The van der Waals surface area contributed by atoms with Crippen LogP contribution in [0.4, 0.5) is 0 Å². The van der Waals surface area contributed by atoms with Crippen molar-refractivity contribution in [3.63, 3.8) is 0 Å². The lowest BCUT2D eigenvalue weighted by Crippen LogP contribution is -2.44. The first-order chi connectivity index (χ1) is 14.8. The van der Waals surface area contributed by atoms with Gasteiger partial charge < -0.3 is 19.8 Å². The zero-order chi connectivity index (χ0) is 22.4. The van der Waals surface area contributed by atoms with E-state index in [4.69, 9.17) is 9.47 Å². The Labute approximate surface area is 182 Å². The summed E-state index contributed by atoms with van der Waals surface area (Å²) in [6, 6.07) is 15.8. The number of carbonyl (C=O) groups is 2. The van der Waals surface area contributed by atoms with Crippen molar-refractivity contribution < 1.29 is 19.1 Å². The van der Waals surface area contributed by atoms with Crippen molar-refractivity contribution in [3.05, 3.63) is 54.1 Å². The van der Waals surface area contributed by atoms with Gasteiger partial charge in [0.15, 0.2) is 6.61 Å². The summed E-state index contributed by atoms with van der Waals surface area (Å²) in [5, 5.41) is 3.94. The lowest BCUT2D eigenvalue weighted by Gasteiger charge is -2.24. The molecule has 0 radical (unpaired) electrons. The van der Waals surface area contributed by atoms with Gasteiger partial charge >= 0.3 is 5.97 Å². The summed E-state index contributed by atoms with van der Waals surface area (Å²) in [5.41, 5.74) is 3.73. The highest BCUT2D eigenvalue weighted by Gasteiger charge is 2.19. The van der Waals surface area contributed by atoms with E-state index in [-0.39, 0.29) is 24.5 Å². The van der Waals surface area contributed by atoms with Crippen LogP contribution in [0.5, 0.6) is 5.75 Å². The largest absolute Gasteiger partial charge is 0.497 e. The van der Waals surface area contributed by atoms with Crippen LogP contribution >= 0.6 is 0 Å². The van der Waals surface area contributed by atoms with Crippen LogP contribution in [0.2, 0.25) is 0 Å². The van der Waals surface area contributed by atoms with E-state index >= 15 is 0 Å². The number of hydrogen-bond acceptors (Lipinski definition) is 4. The minimum absolute atomic E-state index is 0.190. The average Bonchev–Trinajstić information content (AvgIpc) is 3.14. The van der Waals surface area contributed by atoms with Gasteiger partial charge in [0.2, 0.25) is 0 Å². The highest BCUT2D eigenvalue weighted by atomic mass is 16.5. The van der Waals surface area contributed by atoms with Gasteiger partial charge in [-0.25, -0.2) is 0 Å². The van der Waals surface area contributed by atoms with Crippen LogP contribution in [-0.2, 0) is 20.7 Å². The van der Waals surface area contributed by atoms with E-state index in [1.165, 1.54) is 0 Å². The SMILES string of the molecule is CCC(C)(C)NC(=O)COC(=O)CCc1c(-c2ccc(OC)cc2)[nH]c2ccccc12. The van der Waals surface area contributed by atoms with Gasteiger partial charge in [0, 0.05) is 28.6 Å². The Morgan fingerprint density at radius 3 is 2.45 bits per heavy atom. The number of amides is 1. The Morgan fingerprint density at radius 2 is 1.77 bits per heavy atom. The van der Waals surface area contributed by atoms with Crippen LogP contribution in [0, 0.1) is 0 Å². The normalized spacial score (nSPS) is 11.4. The Hall–Kier alpha value is -3.28. The van der Waals surface area contributed by atoms with E-state index in [1.54, 1.807) is 7.11 Å². The number of aryl methyl sites for hydroxylation is 1. The summed E-state index contributed by atoms with van der Waals surface area (Å²) in [6.45, 7) is 5.60. The number of fused-ring (bicyclic) bond motifs is 1. The Balaban J connectivity index is 1.70. The number of rotatable bonds is 9. The summed E-state index contributed by atoms with van der Waals surface area (Å²) < 4.78 is 10.5. The molecule has 0 aliphatic carbocycles. The first kappa shape index (κ1) is 22.4. The molecule has 0 saturated heterocycles.